The molecule has 0 fully saturated rings. The van der Waals surface area contributed by atoms with E-state index in [0.29, 0.717) is 13.0 Å². The SMILES string of the molecule is CCCCCCCCCCCCCCCC(=O)OCCc1ccccc1. The van der Waals surface area contributed by atoms with Crippen molar-refractivity contribution in [1.29, 1.82) is 0 Å². The third-order valence-corrected chi connectivity index (χ3v) is 4.98. The van der Waals surface area contributed by atoms with Gasteiger partial charge in [-0.25, -0.2) is 0 Å². The summed E-state index contributed by atoms with van der Waals surface area (Å²) in [4.78, 5) is 11.7. The van der Waals surface area contributed by atoms with Crippen LogP contribution in [0.1, 0.15) is 102 Å². The molecule has 0 aromatic heterocycles. The molecule has 0 aliphatic rings. The van der Waals surface area contributed by atoms with Gasteiger partial charge in [-0.3, -0.25) is 4.79 Å². The van der Waals surface area contributed by atoms with Crippen molar-refractivity contribution < 1.29 is 9.53 Å². The lowest BCUT2D eigenvalue weighted by molar-refractivity contribution is -0.143. The minimum absolute atomic E-state index is 0.0380. The molecule has 0 heterocycles. The number of carbonyl (C=O) groups is 1. The summed E-state index contributed by atoms with van der Waals surface area (Å²) in [7, 11) is 0. The van der Waals surface area contributed by atoms with Gasteiger partial charge in [0.05, 0.1) is 6.61 Å². The normalized spacial score (nSPS) is 10.8. The molecular formula is C24H40O2. The van der Waals surface area contributed by atoms with Gasteiger partial charge in [0, 0.05) is 12.8 Å². The van der Waals surface area contributed by atoms with Crippen molar-refractivity contribution in [3.63, 3.8) is 0 Å². The summed E-state index contributed by atoms with van der Waals surface area (Å²) in [6, 6.07) is 10.2. The second-order valence-corrected chi connectivity index (χ2v) is 7.45. The average molecular weight is 361 g/mol. The van der Waals surface area contributed by atoms with Crippen molar-refractivity contribution in [3.8, 4) is 0 Å². The molecule has 26 heavy (non-hydrogen) atoms. The highest BCUT2D eigenvalue weighted by molar-refractivity contribution is 5.69. The van der Waals surface area contributed by atoms with E-state index in [0.717, 1.165) is 19.3 Å². The fraction of sp³-hybridized carbons (Fsp3) is 0.708. The van der Waals surface area contributed by atoms with Gasteiger partial charge in [-0.1, -0.05) is 114 Å². The van der Waals surface area contributed by atoms with Gasteiger partial charge >= 0.3 is 5.97 Å². The van der Waals surface area contributed by atoms with Crippen LogP contribution in [0.3, 0.4) is 0 Å². The maximum absolute atomic E-state index is 11.7. The van der Waals surface area contributed by atoms with Crippen LogP contribution in [0.4, 0.5) is 0 Å². The Balaban J connectivity index is 1.79. The van der Waals surface area contributed by atoms with Crippen molar-refractivity contribution >= 4 is 5.97 Å². The Morgan fingerprint density at radius 2 is 1.23 bits per heavy atom. The van der Waals surface area contributed by atoms with Crippen LogP contribution < -0.4 is 0 Å². The van der Waals surface area contributed by atoms with E-state index >= 15 is 0 Å². The third kappa shape index (κ3) is 13.9. The topological polar surface area (TPSA) is 26.3 Å². The zero-order valence-corrected chi connectivity index (χ0v) is 17.0. The van der Waals surface area contributed by atoms with Crippen LogP contribution in [-0.4, -0.2) is 12.6 Å². The van der Waals surface area contributed by atoms with Crippen molar-refractivity contribution in [1.82, 2.24) is 0 Å². The van der Waals surface area contributed by atoms with Crippen molar-refractivity contribution in [2.45, 2.75) is 103 Å². The van der Waals surface area contributed by atoms with Gasteiger partial charge in [0.25, 0.3) is 0 Å². The number of carbonyl (C=O) groups excluding carboxylic acids is 1. The second kappa shape index (κ2) is 17.1. The molecule has 0 amide bonds. The number of hydrogen-bond donors (Lipinski definition) is 0. The lowest BCUT2D eigenvalue weighted by atomic mass is 10.0. The van der Waals surface area contributed by atoms with Crippen LogP contribution in [0.25, 0.3) is 0 Å². The predicted molar refractivity (Wildman–Crippen MR) is 111 cm³/mol. The number of esters is 1. The smallest absolute Gasteiger partial charge is 0.305 e. The Morgan fingerprint density at radius 3 is 1.77 bits per heavy atom. The summed E-state index contributed by atoms with van der Waals surface area (Å²) in [5.41, 5.74) is 1.22. The van der Waals surface area contributed by atoms with Crippen LogP contribution in [-0.2, 0) is 16.0 Å². The third-order valence-electron chi connectivity index (χ3n) is 4.98. The monoisotopic (exact) mass is 360 g/mol. The van der Waals surface area contributed by atoms with Gasteiger partial charge in [0.2, 0.25) is 0 Å². The van der Waals surface area contributed by atoms with E-state index in [2.05, 4.69) is 19.1 Å². The Morgan fingerprint density at radius 1 is 0.731 bits per heavy atom. The van der Waals surface area contributed by atoms with Crippen LogP contribution in [0.15, 0.2) is 30.3 Å². The van der Waals surface area contributed by atoms with Gasteiger partial charge in [-0.05, 0) is 12.0 Å². The maximum Gasteiger partial charge on any atom is 0.305 e. The molecule has 2 nitrogen and oxygen atoms in total. The summed E-state index contributed by atoms with van der Waals surface area (Å²) in [5, 5.41) is 0. The Bertz CT molecular complexity index is 427. The molecule has 1 rings (SSSR count). The summed E-state index contributed by atoms with van der Waals surface area (Å²) in [5.74, 6) is -0.0380. The van der Waals surface area contributed by atoms with Crippen LogP contribution in [0, 0.1) is 0 Å². The van der Waals surface area contributed by atoms with Crippen LogP contribution in [0.5, 0.6) is 0 Å². The molecule has 148 valence electrons. The van der Waals surface area contributed by atoms with E-state index in [1.54, 1.807) is 0 Å². The fourth-order valence-electron chi connectivity index (χ4n) is 3.29. The van der Waals surface area contributed by atoms with E-state index in [-0.39, 0.29) is 5.97 Å². The van der Waals surface area contributed by atoms with Crippen molar-refractivity contribution in [2.75, 3.05) is 6.61 Å². The van der Waals surface area contributed by atoms with Crippen molar-refractivity contribution in [2.24, 2.45) is 0 Å². The largest absolute Gasteiger partial charge is 0.465 e. The lowest BCUT2D eigenvalue weighted by Crippen LogP contribution is -2.07. The van der Waals surface area contributed by atoms with Crippen LogP contribution in [0.2, 0.25) is 0 Å². The molecular weight excluding hydrogens is 320 g/mol. The number of unbranched alkanes of at least 4 members (excludes halogenated alkanes) is 12. The van der Waals surface area contributed by atoms with Crippen molar-refractivity contribution in [3.05, 3.63) is 35.9 Å². The van der Waals surface area contributed by atoms with E-state index in [9.17, 15) is 4.79 Å². The fourth-order valence-corrected chi connectivity index (χ4v) is 3.29. The highest BCUT2D eigenvalue weighted by atomic mass is 16.5. The Labute approximate surface area is 161 Å². The molecule has 0 N–H and O–H groups in total. The molecule has 1 aromatic carbocycles. The van der Waals surface area contributed by atoms with E-state index in [1.807, 2.05) is 18.2 Å². The van der Waals surface area contributed by atoms with Gasteiger partial charge < -0.3 is 4.74 Å². The molecule has 0 saturated heterocycles. The molecule has 1 aromatic rings. The first-order valence-electron chi connectivity index (χ1n) is 11.0. The first-order valence-corrected chi connectivity index (χ1v) is 11.0. The zero-order chi connectivity index (χ0) is 18.7. The lowest BCUT2D eigenvalue weighted by Gasteiger charge is -2.05. The van der Waals surface area contributed by atoms with E-state index in [4.69, 9.17) is 4.74 Å². The molecule has 2 heteroatoms. The van der Waals surface area contributed by atoms with Gasteiger partial charge in [0.1, 0.15) is 0 Å². The van der Waals surface area contributed by atoms with E-state index in [1.165, 1.54) is 76.2 Å². The highest BCUT2D eigenvalue weighted by Crippen LogP contribution is 2.13. The summed E-state index contributed by atoms with van der Waals surface area (Å²) in [6.45, 7) is 2.77. The predicted octanol–water partition coefficient (Wildman–Crippen LogP) is 7.25. The van der Waals surface area contributed by atoms with Gasteiger partial charge in [0.15, 0.2) is 0 Å². The number of rotatable bonds is 17. The average Bonchev–Trinajstić information content (AvgIpc) is 2.66. The summed E-state index contributed by atoms with van der Waals surface area (Å²) in [6.07, 6.45) is 18.7. The molecule has 0 aliphatic heterocycles. The van der Waals surface area contributed by atoms with Gasteiger partial charge in [-0.15, -0.1) is 0 Å². The number of hydrogen-bond acceptors (Lipinski definition) is 2. The standard InChI is InChI=1S/C24H40O2/c1-2-3-4-5-6-7-8-9-10-11-12-13-17-20-24(25)26-22-21-23-18-15-14-16-19-23/h14-16,18-19H,2-13,17,20-22H2,1H3. The Kier molecular flexibility index (Phi) is 15.0. The van der Waals surface area contributed by atoms with Crippen LogP contribution >= 0.6 is 0 Å². The zero-order valence-electron chi connectivity index (χ0n) is 17.0. The minimum atomic E-state index is -0.0380. The molecule has 0 bridgehead atoms. The van der Waals surface area contributed by atoms with E-state index < -0.39 is 0 Å². The molecule has 0 aliphatic carbocycles. The molecule has 0 spiro atoms. The number of benzene rings is 1. The first-order chi connectivity index (χ1) is 12.8. The quantitative estimate of drug-likeness (QED) is 0.216. The molecule has 0 radical (unpaired) electrons. The second-order valence-electron chi connectivity index (χ2n) is 7.45. The number of ether oxygens (including phenoxy) is 1. The molecule has 0 unspecified atom stereocenters. The Hall–Kier alpha value is -1.31. The summed E-state index contributed by atoms with van der Waals surface area (Å²) < 4.78 is 5.31. The first kappa shape index (κ1) is 22.7. The molecule has 0 saturated carbocycles. The maximum atomic E-state index is 11.7. The minimum Gasteiger partial charge on any atom is -0.465 e. The molecule has 0 atom stereocenters. The highest BCUT2D eigenvalue weighted by Gasteiger charge is 2.03. The summed E-state index contributed by atoms with van der Waals surface area (Å²) >= 11 is 0. The van der Waals surface area contributed by atoms with Gasteiger partial charge in [-0.2, -0.15) is 0 Å².